The van der Waals surface area contributed by atoms with Crippen molar-refractivity contribution in [1.82, 2.24) is 10.1 Å². The fourth-order valence-corrected chi connectivity index (χ4v) is 3.09. The first kappa shape index (κ1) is 13.5. The number of thiophene rings is 1. The lowest BCUT2D eigenvalue weighted by Gasteiger charge is -2.01. The largest absolute Gasteiger partial charge is 0.361 e. The summed E-state index contributed by atoms with van der Waals surface area (Å²) in [6.45, 7) is 3.75. The Hall–Kier alpha value is -2.47. The van der Waals surface area contributed by atoms with Crippen molar-refractivity contribution >= 4 is 23.1 Å². The average Bonchev–Trinajstić information content (AvgIpc) is 3.07. The number of aryl methyl sites for hydroxylation is 2. The summed E-state index contributed by atoms with van der Waals surface area (Å²) in [5.74, 6) is 1.12. The van der Waals surface area contributed by atoms with E-state index in [1.165, 1.54) is 11.3 Å². The van der Waals surface area contributed by atoms with E-state index in [1.807, 2.05) is 26.0 Å². The smallest absolute Gasteiger partial charge is 0.266 e. The summed E-state index contributed by atoms with van der Waals surface area (Å²) in [6, 6.07) is 9.08. The number of hydrogen-bond donors (Lipinski definition) is 1. The molecule has 0 aliphatic heterocycles. The van der Waals surface area contributed by atoms with Crippen molar-refractivity contribution < 1.29 is 9.32 Å². The SMILES string of the molecule is Cc1noc(C)c1-c1ccc(C(=O)Nc2ccccn2)s1. The van der Waals surface area contributed by atoms with Crippen molar-refractivity contribution in [2.75, 3.05) is 5.32 Å². The van der Waals surface area contributed by atoms with Crippen LogP contribution in [0.2, 0.25) is 0 Å². The molecular formula is C15H13N3O2S. The van der Waals surface area contributed by atoms with Gasteiger partial charge in [0.1, 0.15) is 11.6 Å². The zero-order valence-electron chi connectivity index (χ0n) is 11.6. The Kier molecular flexibility index (Phi) is 3.53. The Morgan fingerprint density at radius 3 is 2.76 bits per heavy atom. The van der Waals surface area contributed by atoms with Gasteiger partial charge in [-0.3, -0.25) is 4.79 Å². The third-order valence-electron chi connectivity index (χ3n) is 3.02. The number of rotatable bonds is 3. The zero-order chi connectivity index (χ0) is 14.8. The maximum absolute atomic E-state index is 12.2. The predicted molar refractivity (Wildman–Crippen MR) is 81.5 cm³/mol. The number of carbonyl (C=O) groups is 1. The van der Waals surface area contributed by atoms with Crippen LogP contribution in [-0.4, -0.2) is 16.0 Å². The number of anilines is 1. The molecule has 0 unspecified atom stereocenters. The van der Waals surface area contributed by atoms with E-state index < -0.39 is 0 Å². The van der Waals surface area contributed by atoms with Gasteiger partial charge in [0.2, 0.25) is 0 Å². The first-order valence-electron chi connectivity index (χ1n) is 6.40. The molecule has 0 bridgehead atoms. The lowest BCUT2D eigenvalue weighted by molar-refractivity contribution is 0.103. The summed E-state index contributed by atoms with van der Waals surface area (Å²) < 4.78 is 5.16. The highest BCUT2D eigenvalue weighted by Gasteiger charge is 2.16. The van der Waals surface area contributed by atoms with Gasteiger partial charge in [-0.05, 0) is 38.1 Å². The van der Waals surface area contributed by atoms with Crippen LogP contribution in [0.4, 0.5) is 5.82 Å². The summed E-state index contributed by atoms with van der Waals surface area (Å²) in [6.07, 6.45) is 1.64. The molecule has 3 aromatic rings. The van der Waals surface area contributed by atoms with Crippen molar-refractivity contribution in [2.24, 2.45) is 0 Å². The lowest BCUT2D eigenvalue weighted by Crippen LogP contribution is -2.10. The molecule has 0 aromatic carbocycles. The molecule has 1 N–H and O–H groups in total. The van der Waals surface area contributed by atoms with Crippen LogP contribution in [0.1, 0.15) is 21.1 Å². The van der Waals surface area contributed by atoms with E-state index in [4.69, 9.17) is 4.52 Å². The normalized spacial score (nSPS) is 10.6. The first-order chi connectivity index (χ1) is 10.1. The van der Waals surface area contributed by atoms with Gasteiger partial charge in [-0.1, -0.05) is 11.2 Å². The van der Waals surface area contributed by atoms with Crippen molar-refractivity contribution in [2.45, 2.75) is 13.8 Å². The average molecular weight is 299 g/mol. The monoisotopic (exact) mass is 299 g/mol. The van der Waals surface area contributed by atoms with Crippen LogP contribution in [0.3, 0.4) is 0 Å². The molecular weight excluding hydrogens is 286 g/mol. The van der Waals surface area contributed by atoms with Gasteiger partial charge >= 0.3 is 0 Å². The third-order valence-corrected chi connectivity index (χ3v) is 4.12. The van der Waals surface area contributed by atoms with E-state index in [0.717, 1.165) is 21.9 Å². The summed E-state index contributed by atoms with van der Waals surface area (Å²) in [7, 11) is 0. The van der Waals surface area contributed by atoms with Crippen LogP contribution in [-0.2, 0) is 0 Å². The second-order valence-corrected chi connectivity index (χ2v) is 5.62. The van der Waals surface area contributed by atoms with E-state index in [-0.39, 0.29) is 5.91 Å². The molecule has 0 saturated heterocycles. The number of aromatic nitrogens is 2. The molecule has 0 atom stereocenters. The minimum atomic E-state index is -0.170. The minimum Gasteiger partial charge on any atom is -0.361 e. The van der Waals surface area contributed by atoms with Crippen LogP contribution >= 0.6 is 11.3 Å². The number of amides is 1. The first-order valence-corrected chi connectivity index (χ1v) is 7.22. The Balaban J connectivity index is 1.84. The number of nitrogens with zero attached hydrogens (tertiary/aromatic N) is 2. The molecule has 106 valence electrons. The summed E-state index contributed by atoms with van der Waals surface area (Å²) in [5.41, 5.74) is 1.78. The predicted octanol–water partition coefficient (Wildman–Crippen LogP) is 3.67. The molecule has 3 heterocycles. The van der Waals surface area contributed by atoms with Gasteiger partial charge in [0.05, 0.1) is 16.1 Å². The summed E-state index contributed by atoms with van der Waals surface area (Å²) in [4.78, 5) is 17.9. The zero-order valence-corrected chi connectivity index (χ0v) is 12.4. The Labute approximate surface area is 125 Å². The van der Waals surface area contributed by atoms with Crippen LogP contribution in [0.5, 0.6) is 0 Å². The fraction of sp³-hybridized carbons (Fsp3) is 0.133. The molecule has 21 heavy (non-hydrogen) atoms. The molecule has 5 nitrogen and oxygen atoms in total. The van der Waals surface area contributed by atoms with Gasteiger partial charge in [-0.2, -0.15) is 0 Å². The van der Waals surface area contributed by atoms with E-state index in [9.17, 15) is 4.79 Å². The van der Waals surface area contributed by atoms with E-state index in [1.54, 1.807) is 24.4 Å². The quantitative estimate of drug-likeness (QED) is 0.801. The summed E-state index contributed by atoms with van der Waals surface area (Å²) in [5, 5.41) is 6.70. The van der Waals surface area contributed by atoms with Gasteiger partial charge in [-0.15, -0.1) is 11.3 Å². The highest BCUT2D eigenvalue weighted by atomic mass is 32.1. The highest BCUT2D eigenvalue weighted by molar-refractivity contribution is 7.17. The Morgan fingerprint density at radius 1 is 1.24 bits per heavy atom. The molecule has 0 aliphatic carbocycles. The molecule has 6 heteroatoms. The van der Waals surface area contributed by atoms with Crippen LogP contribution < -0.4 is 5.32 Å². The summed E-state index contributed by atoms with van der Waals surface area (Å²) >= 11 is 1.41. The van der Waals surface area contributed by atoms with Gasteiger partial charge in [-0.25, -0.2) is 4.98 Å². The third kappa shape index (κ3) is 2.71. The second-order valence-electron chi connectivity index (χ2n) is 4.53. The minimum absolute atomic E-state index is 0.170. The molecule has 0 spiro atoms. The van der Waals surface area contributed by atoms with Crippen LogP contribution in [0.25, 0.3) is 10.4 Å². The Morgan fingerprint density at radius 2 is 2.10 bits per heavy atom. The highest BCUT2D eigenvalue weighted by Crippen LogP contribution is 2.33. The van der Waals surface area contributed by atoms with Crippen molar-refractivity contribution in [1.29, 1.82) is 0 Å². The van der Waals surface area contributed by atoms with Gasteiger partial charge in [0.25, 0.3) is 5.91 Å². The Bertz CT molecular complexity index is 758. The van der Waals surface area contributed by atoms with Crippen molar-refractivity contribution in [3.63, 3.8) is 0 Å². The van der Waals surface area contributed by atoms with Gasteiger partial charge < -0.3 is 9.84 Å². The molecule has 1 amide bonds. The second kappa shape index (κ2) is 5.49. The molecule has 0 radical (unpaired) electrons. The van der Waals surface area contributed by atoms with Crippen LogP contribution in [0.15, 0.2) is 41.1 Å². The van der Waals surface area contributed by atoms with E-state index in [0.29, 0.717) is 10.7 Å². The molecule has 0 saturated carbocycles. The maximum atomic E-state index is 12.2. The molecule has 0 fully saturated rings. The maximum Gasteiger partial charge on any atom is 0.266 e. The number of carbonyl (C=O) groups excluding carboxylic acids is 1. The van der Waals surface area contributed by atoms with Crippen molar-refractivity contribution in [3.05, 3.63) is 52.9 Å². The number of hydrogen-bond acceptors (Lipinski definition) is 5. The molecule has 3 rings (SSSR count). The fourth-order valence-electron chi connectivity index (χ4n) is 2.04. The topological polar surface area (TPSA) is 68.0 Å². The number of pyridine rings is 1. The lowest BCUT2D eigenvalue weighted by atomic mass is 10.2. The van der Waals surface area contributed by atoms with E-state index in [2.05, 4.69) is 15.5 Å². The number of nitrogens with one attached hydrogen (secondary N) is 1. The molecule has 0 aliphatic rings. The van der Waals surface area contributed by atoms with Gasteiger partial charge in [0, 0.05) is 11.1 Å². The molecule has 3 aromatic heterocycles. The van der Waals surface area contributed by atoms with Gasteiger partial charge in [0.15, 0.2) is 0 Å². The van der Waals surface area contributed by atoms with Crippen molar-refractivity contribution in [3.8, 4) is 10.4 Å². The van der Waals surface area contributed by atoms with E-state index >= 15 is 0 Å². The standard InChI is InChI=1S/C15H13N3O2S/c1-9-14(10(2)20-18-9)11-6-7-12(21-11)15(19)17-13-5-3-4-8-16-13/h3-8H,1-2H3,(H,16,17,19). The van der Waals surface area contributed by atoms with Crippen LogP contribution in [0, 0.1) is 13.8 Å².